The van der Waals surface area contributed by atoms with Crippen molar-refractivity contribution in [2.45, 2.75) is 51.1 Å². The Hall–Kier alpha value is -1.61. The number of rotatable bonds is 5. The Morgan fingerprint density at radius 3 is 2.52 bits per heavy atom. The maximum Gasteiger partial charge on any atom is 0.193 e. The number of halogens is 1. The van der Waals surface area contributed by atoms with Gasteiger partial charge in [-0.2, -0.15) is 5.10 Å². The van der Waals surface area contributed by atoms with Gasteiger partial charge in [-0.1, -0.05) is 37.1 Å². The molecule has 1 aromatic carbocycles. The van der Waals surface area contributed by atoms with Crippen LogP contribution >= 0.6 is 24.0 Å². The van der Waals surface area contributed by atoms with Crippen LogP contribution in [0.2, 0.25) is 0 Å². The summed E-state index contributed by atoms with van der Waals surface area (Å²) in [6.07, 6.45) is 10.7. The molecule has 2 aliphatic heterocycles. The van der Waals surface area contributed by atoms with Gasteiger partial charge in [0.1, 0.15) is 0 Å². The number of nitrogens with zero attached hydrogens (tertiary/aromatic N) is 5. The van der Waals surface area contributed by atoms with Gasteiger partial charge in [-0.3, -0.25) is 14.6 Å². The van der Waals surface area contributed by atoms with E-state index in [0.29, 0.717) is 5.92 Å². The third-order valence-corrected chi connectivity index (χ3v) is 6.54. The van der Waals surface area contributed by atoms with Crippen molar-refractivity contribution in [3.63, 3.8) is 0 Å². The summed E-state index contributed by atoms with van der Waals surface area (Å²) < 4.78 is 1.90. The van der Waals surface area contributed by atoms with Crippen LogP contribution in [0.25, 0.3) is 0 Å². The molecule has 4 rings (SSSR count). The second-order valence-electron chi connectivity index (χ2n) is 8.74. The van der Waals surface area contributed by atoms with Crippen molar-refractivity contribution >= 4 is 29.9 Å². The quantitative estimate of drug-likeness (QED) is 0.357. The molecule has 1 aromatic heterocycles. The van der Waals surface area contributed by atoms with Crippen LogP contribution < -0.4 is 5.32 Å². The molecule has 3 heterocycles. The summed E-state index contributed by atoms with van der Waals surface area (Å²) >= 11 is 0. The van der Waals surface area contributed by atoms with Gasteiger partial charge in [0, 0.05) is 52.4 Å². The Morgan fingerprint density at radius 1 is 1.10 bits per heavy atom. The molecule has 0 radical (unpaired) electrons. The van der Waals surface area contributed by atoms with E-state index >= 15 is 0 Å². The van der Waals surface area contributed by atoms with Gasteiger partial charge in [0.05, 0.1) is 6.20 Å². The molecule has 31 heavy (non-hydrogen) atoms. The van der Waals surface area contributed by atoms with E-state index in [1.54, 1.807) is 0 Å². The zero-order valence-electron chi connectivity index (χ0n) is 19.0. The Labute approximate surface area is 204 Å². The molecule has 0 spiro atoms. The molecule has 0 amide bonds. The molecule has 2 fully saturated rings. The van der Waals surface area contributed by atoms with Crippen LogP contribution in [-0.2, 0) is 20.1 Å². The van der Waals surface area contributed by atoms with Crippen molar-refractivity contribution in [2.24, 2.45) is 12.0 Å². The number of hydrogen-bond acceptors (Lipinski definition) is 3. The smallest absolute Gasteiger partial charge is 0.193 e. The summed E-state index contributed by atoms with van der Waals surface area (Å²) in [4.78, 5) is 9.59. The summed E-state index contributed by atoms with van der Waals surface area (Å²) in [5.74, 6) is 1.54. The van der Waals surface area contributed by atoms with Crippen LogP contribution in [0.4, 0.5) is 0 Å². The first kappa shape index (κ1) is 24.0. The highest BCUT2D eigenvalue weighted by molar-refractivity contribution is 14.0. The zero-order chi connectivity index (χ0) is 20.8. The molecular formula is C24H37IN6. The van der Waals surface area contributed by atoms with E-state index in [1.807, 2.05) is 25.0 Å². The molecule has 1 N–H and O–H groups in total. The zero-order valence-corrected chi connectivity index (χ0v) is 21.3. The Balaban J connectivity index is 0.00000272. The number of likely N-dealkylation sites (tertiary alicyclic amines) is 2. The van der Waals surface area contributed by atoms with Crippen molar-refractivity contribution < 1.29 is 0 Å². The summed E-state index contributed by atoms with van der Waals surface area (Å²) in [5, 5.41) is 7.97. The van der Waals surface area contributed by atoms with Crippen LogP contribution in [0.5, 0.6) is 0 Å². The molecular weight excluding hydrogens is 499 g/mol. The molecule has 2 aliphatic rings. The number of nitrogens with one attached hydrogen (secondary N) is 1. The minimum atomic E-state index is 0. The lowest BCUT2D eigenvalue weighted by Crippen LogP contribution is -2.39. The summed E-state index contributed by atoms with van der Waals surface area (Å²) in [5.41, 5.74) is 4.15. The molecule has 0 saturated carbocycles. The average molecular weight is 537 g/mol. The highest BCUT2D eigenvalue weighted by Crippen LogP contribution is 2.26. The minimum Gasteiger partial charge on any atom is -0.352 e. The van der Waals surface area contributed by atoms with Crippen molar-refractivity contribution in [2.75, 3.05) is 33.2 Å². The SMILES string of the molecule is CN=C(NCc1ccccc1CN1CCCCCC1)N1CCC(c2cnn(C)c2)C1.I. The second-order valence-corrected chi connectivity index (χ2v) is 8.74. The standard InChI is InChI=1S/C24H36N6.HI/c1-25-24(30-14-11-22(19-30)23-16-27-28(2)17-23)26-15-20-9-5-6-10-21(20)18-29-12-7-3-4-8-13-29;/h5-6,9-10,16-17,22H,3-4,7-8,11-15,18-19H2,1-2H3,(H,25,26);1H. The van der Waals surface area contributed by atoms with Gasteiger partial charge >= 0.3 is 0 Å². The third kappa shape index (κ3) is 6.44. The fourth-order valence-electron chi connectivity index (χ4n) is 4.80. The molecule has 0 bridgehead atoms. The molecule has 6 nitrogen and oxygen atoms in total. The molecule has 2 aromatic rings. The molecule has 2 saturated heterocycles. The minimum absolute atomic E-state index is 0. The molecule has 7 heteroatoms. The first-order chi connectivity index (χ1) is 14.7. The summed E-state index contributed by atoms with van der Waals surface area (Å²) in [6.45, 7) is 6.38. The van der Waals surface area contributed by atoms with Gasteiger partial charge in [0.2, 0.25) is 0 Å². The highest BCUT2D eigenvalue weighted by Gasteiger charge is 2.27. The number of aromatic nitrogens is 2. The van der Waals surface area contributed by atoms with Crippen LogP contribution in [0.3, 0.4) is 0 Å². The molecule has 0 aliphatic carbocycles. The van der Waals surface area contributed by atoms with Crippen LogP contribution in [0.15, 0.2) is 41.7 Å². The first-order valence-corrected chi connectivity index (χ1v) is 11.5. The van der Waals surface area contributed by atoms with E-state index in [0.717, 1.165) is 38.6 Å². The van der Waals surface area contributed by atoms with E-state index in [1.165, 1.54) is 55.5 Å². The Bertz CT molecular complexity index is 840. The highest BCUT2D eigenvalue weighted by atomic mass is 127. The normalized spacial score (nSPS) is 20.4. The predicted molar refractivity (Wildman–Crippen MR) is 138 cm³/mol. The van der Waals surface area contributed by atoms with Gasteiger partial charge in [-0.15, -0.1) is 24.0 Å². The largest absolute Gasteiger partial charge is 0.352 e. The van der Waals surface area contributed by atoms with Crippen molar-refractivity contribution in [3.05, 3.63) is 53.3 Å². The first-order valence-electron chi connectivity index (χ1n) is 11.5. The van der Waals surface area contributed by atoms with E-state index in [-0.39, 0.29) is 24.0 Å². The molecule has 170 valence electrons. The average Bonchev–Trinajstić information content (AvgIpc) is 3.33. The second kappa shape index (κ2) is 11.9. The van der Waals surface area contributed by atoms with Crippen LogP contribution in [-0.4, -0.2) is 58.8 Å². The van der Waals surface area contributed by atoms with Gasteiger partial charge in [0.15, 0.2) is 5.96 Å². The van der Waals surface area contributed by atoms with Crippen molar-refractivity contribution in [1.29, 1.82) is 0 Å². The van der Waals surface area contributed by atoms with Gasteiger partial charge < -0.3 is 10.2 Å². The maximum atomic E-state index is 4.58. The van der Waals surface area contributed by atoms with Gasteiger partial charge in [0.25, 0.3) is 0 Å². The Morgan fingerprint density at radius 2 is 1.84 bits per heavy atom. The topological polar surface area (TPSA) is 48.7 Å². The monoisotopic (exact) mass is 536 g/mol. The predicted octanol–water partition coefficient (Wildman–Crippen LogP) is 3.98. The maximum absolute atomic E-state index is 4.58. The van der Waals surface area contributed by atoms with E-state index < -0.39 is 0 Å². The third-order valence-electron chi connectivity index (χ3n) is 6.54. The fourth-order valence-corrected chi connectivity index (χ4v) is 4.80. The molecule has 1 atom stereocenters. The summed E-state index contributed by atoms with van der Waals surface area (Å²) in [6, 6.07) is 8.87. The number of aliphatic imine (C=N–C) groups is 1. The summed E-state index contributed by atoms with van der Waals surface area (Å²) in [7, 11) is 3.88. The van der Waals surface area contributed by atoms with E-state index in [9.17, 15) is 0 Å². The lowest BCUT2D eigenvalue weighted by atomic mass is 10.0. The Kier molecular flexibility index (Phi) is 9.19. The lowest BCUT2D eigenvalue weighted by Gasteiger charge is -2.24. The number of benzene rings is 1. The van der Waals surface area contributed by atoms with E-state index in [4.69, 9.17) is 0 Å². The number of aryl methyl sites for hydroxylation is 1. The number of hydrogen-bond donors (Lipinski definition) is 1. The molecule has 1 unspecified atom stereocenters. The van der Waals surface area contributed by atoms with Crippen molar-refractivity contribution in [1.82, 2.24) is 24.9 Å². The lowest BCUT2D eigenvalue weighted by molar-refractivity contribution is 0.276. The van der Waals surface area contributed by atoms with Crippen LogP contribution in [0.1, 0.15) is 54.7 Å². The van der Waals surface area contributed by atoms with Crippen molar-refractivity contribution in [3.8, 4) is 0 Å². The number of guanidine groups is 1. The van der Waals surface area contributed by atoms with Gasteiger partial charge in [-0.25, -0.2) is 0 Å². The van der Waals surface area contributed by atoms with Crippen LogP contribution in [0, 0.1) is 0 Å². The van der Waals surface area contributed by atoms with Gasteiger partial charge in [-0.05, 0) is 49.0 Å². The fraction of sp³-hybridized carbons (Fsp3) is 0.583. The van der Waals surface area contributed by atoms with E-state index in [2.05, 4.69) is 55.7 Å².